The predicted molar refractivity (Wildman–Crippen MR) is 73.4 cm³/mol. The lowest BCUT2D eigenvalue weighted by molar-refractivity contribution is 0.295. The zero-order valence-corrected chi connectivity index (χ0v) is 11.3. The van der Waals surface area contributed by atoms with Gasteiger partial charge in [-0.05, 0) is 30.7 Å². The van der Waals surface area contributed by atoms with Crippen molar-refractivity contribution in [3.8, 4) is 17.0 Å². The summed E-state index contributed by atoms with van der Waals surface area (Å²) < 4.78 is 7.61. The van der Waals surface area contributed by atoms with Gasteiger partial charge in [0.05, 0.1) is 24.6 Å². The minimum Gasteiger partial charge on any atom is -0.493 e. The van der Waals surface area contributed by atoms with E-state index in [0.29, 0.717) is 6.42 Å². The maximum Gasteiger partial charge on any atom is 0.122 e. The molecule has 0 spiro atoms. The Morgan fingerprint density at radius 2 is 2.26 bits per heavy atom. The largest absolute Gasteiger partial charge is 0.493 e. The molecule has 1 N–H and O–H groups in total. The third kappa shape index (κ3) is 2.02. The molecule has 0 saturated heterocycles. The number of hydrogen-bond donors (Lipinski definition) is 1. The van der Waals surface area contributed by atoms with Crippen LogP contribution in [0.15, 0.2) is 18.2 Å². The van der Waals surface area contributed by atoms with Crippen molar-refractivity contribution < 1.29 is 9.84 Å². The summed E-state index contributed by atoms with van der Waals surface area (Å²) in [5, 5.41) is 9.07. The van der Waals surface area contributed by atoms with E-state index >= 15 is 0 Å². The van der Waals surface area contributed by atoms with E-state index in [0.717, 1.165) is 36.0 Å². The van der Waals surface area contributed by atoms with Crippen molar-refractivity contribution in [2.24, 2.45) is 7.05 Å². The Morgan fingerprint density at radius 3 is 3.05 bits per heavy atom. The van der Waals surface area contributed by atoms with Crippen LogP contribution in [0.2, 0.25) is 0 Å². The van der Waals surface area contributed by atoms with Crippen molar-refractivity contribution in [2.45, 2.75) is 19.8 Å². The summed E-state index contributed by atoms with van der Waals surface area (Å²) in [4.78, 5) is 4.54. The number of nitrogens with zero attached hydrogens (tertiary/aromatic N) is 2. The first kappa shape index (κ1) is 12.2. The molecule has 0 aliphatic carbocycles. The van der Waals surface area contributed by atoms with E-state index in [2.05, 4.69) is 21.7 Å². The molecular weight excluding hydrogens is 240 g/mol. The highest BCUT2D eigenvalue weighted by Crippen LogP contribution is 2.32. The van der Waals surface area contributed by atoms with Crippen molar-refractivity contribution in [1.82, 2.24) is 9.55 Å². The maximum absolute atomic E-state index is 9.07. The van der Waals surface area contributed by atoms with Gasteiger partial charge in [-0.25, -0.2) is 4.98 Å². The molecule has 4 heteroatoms. The monoisotopic (exact) mass is 258 g/mol. The molecule has 0 amide bonds. The van der Waals surface area contributed by atoms with Crippen LogP contribution < -0.4 is 4.74 Å². The molecule has 0 radical (unpaired) electrons. The molecule has 0 unspecified atom stereocenters. The van der Waals surface area contributed by atoms with Crippen molar-refractivity contribution in [3.63, 3.8) is 0 Å². The normalized spacial score (nSPS) is 13.4. The Morgan fingerprint density at radius 1 is 1.42 bits per heavy atom. The standard InChI is InChI=1S/C15H18N2O2/c1-10-15(17(2)14(16-10)5-7-18)12-3-4-13-11(9-12)6-8-19-13/h3-4,9,18H,5-8H2,1-2H3. The lowest BCUT2D eigenvalue weighted by Gasteiger charge is -2.08. The molecule has 19 heavy (non-hydrogen) atoms. The minimum atomic E-state index is 0.127. The van der Waals surface area contributed by atoms with Gasteiger partial charge in [0.1, 0.15) is 11.6 Å². The fraction of sp³-hybridized carbons (Fsp3) is 0.400. The summed E-state index contributed by atoms with van der Waals surface area (Å²) in [5.41, 5.74) is 4.56. The molecule has 0 fully saturated rings. The maximum atomic E-state index is 9.07. The summed E-state index contributed by atoms with van der Waals surface area (Å²) >= 11 is 0. The molecular formula is C15H18N2O2. The van der Waals surface area contributed by atoms with Crippen LogP contribution in [0.3, 0.4) is 0 Å². The van der Waals surface area contributed by atoms with E-state index in [1.165, 1.54) is 11.1 Å². The number of hydrogen-bond acceptors (Lipinski definition) is 3. The molecule has 0 atom stereocenters. The third-order valence-corrected chi connectivity index (χ3v) is 3.66. The predicted octanol–water partition coefficient (Wildman–Crippen LogP) is 1.87. The average Bonchev–Trinajstić information content (AvgIpc) is 2.95. The quantitative estimate of drug-likeness (QED) is 0.914. The minimum absolute atomic E-state index is 0.127. The van der Waals surface area contributed by atoms with Gasteiger partial charge in [0.25, 0.3) is 0 Å². The van der Waals surface area contributed by atoms with Gasteiger partial charge >= 0.3 is 0 Å². The summed E-state index contributed by atoms with van der Waals surface area (Å²) in [6, 6.07) is 6.31. The van der Waals surface area contributed by atoms with E-state index in [1.807, 2.05) is 20.0 Å². The van der Waals surface area contributed by atoms with Gasteiger partial charge in [-0.3, -0.25) is 0 Å². The molecule has 4 nitrogen and oxygen atoms in total. The summed E-state index contributed by atoms with van der Waals surface area (Å²) in [7, 11) is 2.00. The lowest BCUT2D eigenvalue weighted by Crippen LogP contribution is -2.02. The Bertz CT molecular complexity index is 617. The number of rotatable bonds is 3. The molecule has 2 heterocycles. The van der Waals surface area contributed by atoms with Crippen molar-refractivity contribution in [1.29, 1.82) is 0 Å². The molecule has 1 aliphatic rings. The van der Waals surface area contributed by atoms with Gasteiger partial charge < -0.3 is 14.4 Å². The molecule has 1 aliphatic heterocycles. The van der Waals surface area contributed by atoms with Gasteiger partial charge in [0, 0.05) is 25.5 Å². The van der Waals surface area contributed by atoms with Gasteiger partial charge in [0.15, 0.2) is 0 Å². The van der Waals surface area contributed by atoms with Crippen LogP contribution in [0.1, 0.15) is 17.1 Å². The van der Waals surface area contributed by atoms with E-state index in [9.17, 15) is 0 Å². The Kier molecular flexibility index (Phi) is 3.03. The second-order valence-corrected chi connectivity index (χ2v) is 4.92. The van der Waals surface area contributed by atoms with E-state index < -0.39 is 0 Å². The van der Waals surface area contributed by atoms with Crippen LogP contribution in [0.4, 0.5) is 0 Å². The smallest absolute Gasteiger partial charge is 0.122 e. The summed E-state index contributed by atoms with van der Waals surface area (Å²) in [6.07, 6.45) is 1.56. The Balaban J connectivity index is 2.07. The van der Waals surface area contributed by atoms with Crippen LogP contribution in [0, 0.1) is 6.92 Å². The summed E-state index contributed by atoms with van der Waals surface area (Å²) in [5.74, 6) is 1.92. The van der Waals surface area contributed by atoms with Gasteiger partial charge in [-0.15, -0.1) is 0 Å². The van der Waals surface area contributed by atoms with Crippen molar-refractivity contribution in [3.05, 3.63) is 35.3 Å². The molecule has 100 valence electrons. The number of ether oxygens (including phenoxy) is 1. The number of fused-ring (bicyclic) bond motifs is 1. The molecule has 0 bridgehead atoms. The number of imidazole rings is 1. The van der Waals surface area contributed by atoms with Gasteiger partial charge in [-0.1, -0.05) is 0 Å². The second kappa shape index (κ2) is 4.70. The Labute approximate surface area is 112 Å². The molecule has 3 rings (SSSR count). The van der Waals surface area contributed by atoms with E-state index in [1.54, 1.807) is 0 Å². The van der Waals surface area contributed by atoms with Crippen LogP contribution in [0.5, 0.6) is 5.75 Å². The SMILES string of the molecule is Cc1nc(CCO)n(C)c1-c1ccc2c(c1)CCO2. The zero-order chi connectivity index (χ0) is 13.4. The molecule has 1 aromatic heterocycles. The highest BCUT2D eigenvalue weighted by molar-refractivity contribution is 5.65. The van der Waals surface area contributed by atoms with Gasteiger partial charge in [0.2, 0.25) is 0 Å². The fourth-order valence-corrected chi connectivity index (χ4v) is 2.75. The second-order valence-electron chi connectivity index (χ2n) is 4.92. The van der Waals surface area contributed by atoms with Crippen LogP contribution in [0.25, 0.3) is 11.3 Å². The molecule has 0 saturated carbocycles. The fourth-order valence-electron chi connectivity index (χ4n) is 2.75. The highest BCUT2D eigenvalue weighted by atomic mass is 16.5. The van der Waals surface area contributed by atoms with E-state index in [-0.39, 0.29) is 6.61 Å². The third-order valence-electron chi connectivity index (χ3n) is 3.66. The number of aliphatic hydroxyl groups is 1. The van der Waals surface area contributed by atoms with Crippen LogP contribution >= 0.6 is 0 Å². The van der Waals surface area contributed by atoms with E-state index in [4.69, 9.17) is 9.84 Å². The number of aliphatic hydroxyl groups excluding tert-OH is 1. The number of benzene rings is 1. The summed E-state index contributed by atoms with van der Waals surface area (Å²) in [6.45, 7) is 2.92. The van der Waals surface area contributed by atoms with Crippen molar-refractivity contribution >= 4 is 0 Å². The molecule has 2 aromatic rings. The first-order valence-electron chi connectivity index (χ1n) is 6.60. The first-order chi connectivity index (χ1) is 9.20. The van der Waals surface area contributed by atoms with Crippen LogP contribution in [-0.4, -0.2) is 27.9 Å². The number of aryl methyl sites for hydroxylation is 1. The highest BCUT2D eigenvalue weighted by Gasteiger charge is 2.17. The first-order valence-corrected chi connectivity index (χ1v) is 6.60. The van der Waals surface area contributed by atoms with Crippen molar-refractivity contribution in [2.75, 3.05) is 13.2 Å². The zero-order valence-electron chi connectivity index (χ0n) is 11.3. The number of aromatic nitrogens is 2. The molecule has 1 aromatic carbocycles. The lowest BCUT2D eigenvalue weighted by atomic mass is 10.1. The van der Waals surface area contributed by atoms with Gasteiger partial charge in [-0.2, -0.15) is 0 Å². The average molecular weight is 258 g/mol. The van der Waals surface area contributed by atoms with Crippen LogP contribution in [-0.2, 0) is 19.9 Å². The Hall–Kier alpha value is -1.81. The topological polar surface area (TPSA) is 47.3 Å².